The summed E-state index contributed by atoms with van der Waals surface area (Å²) in [5.41, 5.74) is 1.20. The first-order valence-electron chi connectivity index (χ1n) is 7.70. The van der Waals surface area contributed by atoms with Gasteiger partial charge in [0.1, 0.15) is 10.7 Å². The third kappa shape index (κ3) is 4.25. The van der Waals surface area contributed by atoms with E-state index in [1.165, 1.54) is 24.3 Å². The number of hydrogen-bond acceptors (Lipinski definition) is 5. The number of aromatic nitrogens is 2. The first-order chi connectivity index (χ1) is 12.8. The lowest BCUT2D eigenvalue weighted by Gasteiger charge is -2.14. The maximum Gasteiger partial charge on any atom is 0.451 e. The van der Waals surface area contributed by atoms with E-state index < -0.39 is 28.6 Å². The number of rotatable bonds is 4. The van der Waals surface area contributed by atoms with Crippen molar-refractivity contribution < 1.29 is 26.7 Å². The summed E-state index contributed by atoms with van der Waals surface area (Å²) in [6, 6.07) is 14.2. The van der Waals surface area contributed by atoms with Gasteiger partial charge in [0.15, 0.2) is 0 Å². The third-order valence-corrected chi connectivity index (χ3v) is 4.37. The molecule has 0 aliphatic heterocycles. The molecular weight excluding hydrogens is 381 g/mol. The Balaban J connectivity index is 2.21. The highest BCUT2D eigenvalue weighted by atomic mass is 32.2. The van der Waals surface area contributed by atoms with Gasteiger partial charge in [0.05, 0.1) is 17.0 Å². The lowest BCUT2D eigenvalue weighted by atomic mass is 9.99. The van der Waals surface area contributed by atoms with E-state index >= 15 is 0 Å². The Labute approximate surface area is 154 Å². The van der Waals surface area contributed by atoms with Gasteiger partial charge in [-0.3, -0.25) is 0 Å². The molecule has 0 spiro atoms. The molecule has 0 saturated carbocycles. The maximum atomic E-state index is 13.1. The van der Waals surface area contributed by atoms with Crippen molar-refractivity contribution in [3.05, 3.63) is 66.0 Å². The first kappa shape index (κ1) is 18.8. The van der Waals surface area contributed by atoms with E-state index in [1.807, 2.05) is 0 Å². The number of halogens is 3. The molecule has 1 N–H and O–H groups in total. The molecule has 0 aliphatic rings. The Morgan fingerprint density at radius 3 is 2.07 bits per heavy atom. The van der Waals surface area contributed by atoms with Gasteiger partial charge in [-0.05, 0) is 11.1 Å². The normalized spacial score (nSPS) is 11.7. The van der Waals surface area contributed by atoms with Crippen molar-refractivity contribution in [2.75, 3.05) is 0 Å². The molecule has 0 amide bonds. The van der Waals surface area contributed by atoms with Gasteiger partial charge in [0.2, 0.25) is 11.7 Å². The van der Waals surface area contributed by atoms with Crippen LogP contribution in [0.15, 0.2) is 54.6 Å². The molecule has 0 bridgehead atoms. The van der Waals surface area contributed by atoms with Crippen molar-refractivity contribution in [1.29, 1.82) is 0 Å². The van der Waals surface area contributed by atoms with Crippen LogP contribution in [0.1, 0.15) is 11.4 Å². The Bertz CT molecular complexity index is 1030. The van der Waals surface area contributed by atoms with Crippen LogP contribution in [0.2, 0.25) is 0 Å². The van der Waals surface area contributed by atoms with Crippen LogP contribution in [-0.4, -0.2) is 23.5 Å². The summed E-state index contributed by atoms with van der Waals surface area (Å²) >= 11 is 0. The molecule has 140 valence electrons. The quantitative estimate of drug-likeness (QED) is 0.661. The monoisotopic (exact) mass is 394 g/mol. The van der Waals surface area contributed by atoms with Gasteiger partial charge in [0.25, 0.3) is 0 Å². The van der Waals surface area contributed by atoms with Gasteiger partial charge in [-0.15, -0.1) is 0 Å². The summed E-state index contributed by atoms with van der Waals surface area (Å²) in [5.74, 6) is -2.42. The molecule has 0 aliphatic carbocycles. The number of thiol groups is 1. The van der Waals surface area contributed by atoms with Crippen molar-refractivity contribution in [3.63, 3.8) is 0 Å². The average molecular weight is 394 g/mol. The topological polar surface area (TPSA) is 80.2 Å². The summed E-state index contributed by atoms with van der Waals surface area (Å²) < 4.78 is 60.9. The number of nitrogens with zero attached hydrogens (tertiary/aromatic N) is 2. The zero-order valence-corrected chi connectivity index (χ0v) is 14.5. The molecule has 2 aromatic carbocycles. The lowest BCUT2D eigenvalue weighted by Crippen LogP contribution is -2.12. The zero-order chi connectivity index (χ0) is 19.6. The predicted molar refractivity (Wildman–Crippen MR) is 93.6 cm³/mol. The smallest absolute Gasteiger partial charge is 0.451 e. The van der Waals surface area contributed by atoms with E-state index in [9.17, 15) is 26.7 Å². The van der Waals surface area contributed by atoms with Crippen LogP contribution in [0, 0.1) is 0 Å². The van der Waals surface area contributed by atoms with Gasteiger partial charge < -0.3 is 5.11 Å². The fourth-order valence-corrected chi connectivity index (χ4v) is 3.08. The molecule has 0 unspecified atom stereocenters. The van der Waals surface area contributed by atoms with E-state index in [1.54, 1.807) is 30.3 Å². The fourth-order valence-electron chi connectivity index (χ4n) is 2.57. The number of hydrogen-bond donors (Lipinski definition) is 2. The van der Waals surface area contributed by atoms with Crippen LogP contribution in [0.4, 0.5) is 13.2 Å². The van der Waals surface area contributed by atoms with E-state index in [-0.39, 0.29) is 17.0 Å². The Kier molecular flexibility index (Phi) is 5.13. The molecule has 1 aromatic heterocycles. The Morgan fingerprint density at radius 2 is 1.52 bits per heavy atom. The van der Waals surface area contributed by atoms with E-state index in [0.29, 0.717) is 16.7 Å². The summed E-state index contributed by atoms with van der Waals surface area (Å²) in [4.78, 5) is 6.83. The number of benzene rings is 2. The second kappa shape index (κ2) is 7.36. The van der Waals surface area contributed by atoms with Crippen LogP contribution in [0.25, 0.3) is 22.4 Å². The maximum absolute atomic E-state index is 13.1. The highest BCUT2D eigenvalue weighted by molar-refractivity contribution is 7.71. The third-order valence-electron chi connectivity index (χ3n) is 3.74. The minimum absolute atomic E-state index is 0.0613. The van der Waals surface area contributed by atoms with Crippen molar-refractivity contribution in [2.24, 2.45) is 0 Å². The summed E-state index contributed by atoms with van der Waals surface area (Å²) in [5, 5.41) is 10.2. The summed E-state index contributed by atoms with van der Waals surface area (Å²) in [7, 11) is -2.62. The van der Waals surface area contributed by atoms with Gasteiger partial charge >= 0.3 is 6.18 Å². The number of aromatic hydroxyl groups is 1. The van der Waals surface area contributed by atoms with Gasteiger partial charge in [-0.2, -0.15) is 18.2 Å². The van der Waals surface area contributed by atoms with Crippen molar-refractivity contribution in [1.82, 2.24) is 9.97 Å². The van der Waals surface area contributed by atoms with Crippen molar-refractivity contribution in [3.8, 4) is 28.3 Å². The Hall–Kier alpha value is -2.94. The number of alkyl halides is 3. The standard InChI is InChI=1S/C18H13F3N2O3S/c19-18(20,21)17-22-15(13-8-6-11(7-9-13)10-27(25)26)14(16(24)23-17)12-4-2-1-3-5-12/h1-9,27H,10H2,(H,22,23,24). The van der Waals surface area contributed by atoms with Gasteiger partial charge in [-0.25, -0.2) is 13.4 Å². The van der Waals surface area contributed by atoms with Crippen molar-refractivity contribution in [2.45, 2.75) is 11.9 Å². The second-order valence-electron chi connectivity index (χ2n) is 5.65. The molecule has 0 saturated heterocycles. The van der Waals surface area contributed by atoms with Gasteiger partial charge in [-0.1, -0.05) is 54.6 Å². The molecule has 27 heavy (non-hydrogen) atoms. The first-order valence-corrected chi connectivity index (χ1v) is 9.06. The van der Waals surface area contributed by atoms with Crippen LogP contribution >= 0.6 is 0 Å². The molecule has 5 nitrogen and oxygen atoms in total. The molecule has 0 atom stereocenters. The van der Waals surface area contributed by atoms with Crippen molar-refractivity contribution >= 4 is 10.7 Å². The van der Waals surface area contributed by atoms with E-state index in [4.69, 9.17) is 0 Å². The molecule has 0 fully saturated rings. The fraction of sp³-hybridized carbons (Fsp3) is 0.111. The van der Waals surface area contributed by atoms with Gasteiger partial charge in [0, 0.05) is 5.56 Å². The zero-order valence-electron chi connectivity index (χ0n) is 13.6. The SMILES string of the molecule is O=[SH](=O)Cc1ccc(-c2nc(C(F)(F)F)nc(O)c2-c2ccccc2)cc1. The lowest BCUT2D eigenvalue weighted by molar-refractivity contribution is -0.145. The van der Waals surface area contributed by atoms with E-state index in [2.05, 4.69) is 9.97 Å². The molecular formula is C18H13F3N2O3S. The second-order valence-corrected chi connectivity index (χ2v) is 6.63. The summed E-state index contributed by atoms with van der Waals surface area (Å²) in [6.45, 7) is 0. The molecule has 0 radical (unpaired) electrons. The average Bonchev–Trinajstić information content (AvgIpc) is 2.61. The molecule has 1 heterocycles. The van der Waals surface area contributed by atoms with Crippen LogP contribution < -0.4 is 0 Å². The minimum Gasteiger partial charge on any atom is -0.493 e. The largest absolute Gasteiger partial charge is 0.493 e. The Morgan fingerprint density at radius 1 is 0.889 bits per heavy atom. The molecule has 3 rings (SSSR count). The predicted octanol–water partition coefficient (Wildman–Crippen LogP) is 3.65. The molecule has 9 heteroatoms. The van der Waals surface area contributed by atoms with Crippen LogP contribution in [0.3, 0.4) is 0 Å². The molecule has 3 aromatic rings. The highest BCUT2D eigenvalue weighted by Gasteiger charge is 2.36. The van der Waals surface area contributed by atoms with E-state index in [0.717, 1.165) is 0 Å². The minimum atomic E-state index is -4.83. The van der Waals surface area contributed by atoms with Crippen LogP contribution in [-0.2, 0) is 22.6 Å². The summed E-state index contributed by atoms with van der Waals surface area (Å²) in [6.07, 6.45) is -4.83. The van der Waals surface area contributed by atoms with Crippen LogP contribution in [0.5, 0.6) is 5.88 Å². The highest BCUT2D eigenvalue weighted by Crippen LogP contribution is 2.39.